The molecule has 8 heteroatoms. The maximum atomic E-state index is 13.9. The van der Waals surface area contributed by atoms with Crippen molar-refractivity contribution in [3.63, 3.8) is 0 Å². The van der Waals surface area contributed by atoms with Crippen LogP contribution in [0, 0.1) is 11.6 Å². The van der Waals surface area contributed by atoms with Gasteiger partial charge in [-0.2, -0.15) is 4.31 Å². The van der Waals surface area contributed by atoms with Crippen LogP contribution < -0.4 is 0 Å². The Morgan fingerprint density at radius 2 is 1.66 bits per heavy atom. The molecule has 0 aromatic heterocycles. The van der Waals surface area contributed by atoms with E-state index in [0.29, 0.717) is 12.0 Å². The molecule has 0 saturated carbocycles. The fourth-order valence-electron chi connectivity index (χ4n) is 3.32. The first kappa shape index (κ1) is 21.4. The third-order valence-corrected chi connectivity index (χ3v) is 7.30. The standard InChI is InChI=1S/C21H24F2N2O3S/c1-3-15(2)16-4-7-18(8-5-16)29(27,28)25-12-10-24(11-13-25)21(26)19-9-6-17(22)14-20(19)23/h4-9,14-15H,3,10-13H2,1-2H3. The van der Waals surface area contributed by atoms with E-state index in [0.717, 1.165) is 24.1 Å². The number of rotatable bonds is 5. The molecule has 0 aliphatic carbocycles. The van der Waals surface area contributed by atoms with Crippen molar-refractivity contribution < 1.29 is 22.0 Å². The molecule has 29 heavy (non-hydrogen) atoms. The minimum atomic E-state index is -3.67. The van der Waals surface area contributed by atoms with Gasteiger partial charge in [0.15, 0.2) is 0 Å². The van der Waals surface area contributed by atoms with Gasteiger partial charge in [0, 0.05) is 32.2 Å². The zero-order valence-electron chi connectivity index (χ0n) is 16.4. The van der Waals surface area contributed by atoms with Gasteiger partial charge in [0.05, 0.1) is 10.5 Å². The molecule has 1 amide bonds. The van der Waals surface area contributed by atoms with Crippen molar-refractivity contribution in [2.75, 3.05) is 26.2 Å². The van der Waals surface area contributed by atoms with Crippen molar-refractivity contribution >= 4 is 15.9 Å². The van der Waals surface area contributed by atoms with E-state index in [-0.39, 0.29) is 36.6 Å². The van der Waals surface area contributed by atoms with E-state index in [1.54, 1.807) is 12.1 Å². The van der Waals surface area contributed by atoms with Gasteiger partial charge >= 0.3 is 0 Å². The van der Waals surface area contributed by atoms with Crippen LogP contribution in [0.1, 0.15) is 42.1 Å². The van der Waals surface area contributed by atoms with Crippen molar-refractivity contribution in [3.8, 4) is 0 Å². The third kappa shape index (κ3) is 4.48. The van der Waals surface area contributed by atoms with Gasteiger partial charge in [0.2, 0.25) is 10.0 Å². The molecule has 0 bridgehead atoms. The highest BCUT2D eigenvalue weighted by Gasteiger charge is 2.31. The van der Waals surface area contributed by atoms with Crippen molar-refractivity contribution in [1.29, 1.82) is 0 Å². The Kier molecular flexibility index (Phi) is 6.33. The maximum absolute atomic E-state index is 13.9. The predicted molar refractivity (Wildman–Crippen MR) is 106 cm³/mol. The number of halogens is 2. The summed E-state index contributed by atoms with van der Waals surface area (Å²) in [6.45, 7) is 4.67. The van der Waals surface area contributed by atoms with Gasteiger partial charge in [-0.3, -0.25) is 4.79 Å². The Labute approximate surface area is 170 Å². The van der Waals surface area contributed by atoms with Gasteiger partial charge in [-0.05, 0) is 42.2 Å². The van der Waals surface area contributed by atoms with E-state index in [2.05, 4.69) is 13.8 Å². The van der Waals surface area contributed by atoms with Crippen LogP contribution in [-0.4, -0.2) is 49.7 Å². The van der Waals surface area contributed by atoms with Crippen LogP contribution in [-0.2, 0) is 10.0 Å². The zero-order chi connectivity index (χ0) is 21.2. The first-order valence-electron chi connectivity index (χ1n) is 9.58. The van der Waals surface area contributed by atoms with Crippen LogP contribution in [0.15, 0.2) is 47.4 Å². The molecule has 1 heterocycles. The molecule has 1 saturated heterocycles. The summed E-state index contributed by atoms with van der Waals surface area (Å²) in [6, 6.07) is 9.69. The number of amides is 1. The van der Waals surface area contributed by atoms with Crippen LogP contribution in [0.3, 0.4) is 0 Å². The Morgan fingerprint density at radius 1 is 1.03 bits per heavy atom. The molecule has 1 aliphatic heterocycles. The number of carbonyl (C=O) groups is 1. The molecule has 156 valence electrons. The van der Waals surface area contributed by atoms with Crippen molar-refractivity contribution in [2.45, 2.75) is 31.1 Å². The molecule has 0 radical (unpaired) electrons. The fraction of sp³-hybridized carbons (Fsp3) is 0.381. The topological polar surface area (TPSA) is 57.7 Å². The third-order valence-electron chi connectivity index (χ3n) is 5.39. The number of carbonyl (C=O) groups excluding carboxylic acids is 1. The predicted octanol–water partition coefficient (Wildman–Crippen LogP) is 3.63. The molecule has 1 fully saturated rings. The molecule has 1 atom stereocenters. The van der Waals surface area contributed by atoms with Crippen LogP contribution in [0.25, 0.3) is 0 Å². The molecular formula is C21H24F2N2O3S. The molecular weight excluding hydrogens is 398 g/mol. The Hall–Kier alpha value is -2.32. The largest absolute Gasteiger partial charge is 0.336 e. The highest BCUT2D eigenvalue weighted by atomic mass is 32.2. The second kappa shape index (κ2) is 8.59. The number of piperazine rings is 1. The summed E-state index contributed by atoms with van der Waals surface area (Å²) in [6.07, 6.45) is 0.969. The van der Waals surface area contributed by atoms with Gasteiger partial charge < -0.3 is 4.90 Å². The lowest BCUT2D eigenvalue weighted by Crippen LogP contribution is -2.50. The average Bonchev–Trinajstić information content (AvgIpc) is 2.73. The van der Waals surface area contributed by atoms with Crippen molar-refractivity contribution in [2.24, 2.45) is 0 Å². The second-order valence-electron chi connectivity index (χ2n) is 7.20. The lowest BCUT2D eigenvalue weighted by Gasteiger charge is -2.34. The number of benzene rings is 2. The fourth-order valence-corrected chi connectivity index (χ4v) is 4.74. The van der Waals surface area contributed by atoms with Crippen LogP contribution >= 0.6 is 0 Å². The van der Waals surface area contributed by atoms with Gasteiger partial charge in [-0.25, -0.2) is 17.2 Å². The monoisotopic (exact) mass is 422 g/mol. The number of hydrogen-bond acceptors (Lipinski definition) is 3. The molecule has 2 aromatic rings. The SMILES string of the molecule is CCC(C)c1ccc(S(=O)(=O)N2CCN(C(=O)c3ccc(F)cc3F)CC2)cc1. The minimum Gasteiger partial charge on any atom is -0.336 e. The zero-order valence-corrected chi connectivity index (χ0v) is 17.3. The normalized spacial score (nSPS) is 16.6. The van der Waals surface area contributed by atoms with Crippen molar-refractivity contribution in [1.82, 2.24) is 9.21 Å². The second-order valence-corrected chi connectivity index (χ2v) is 9.14. The summed E-state index contributed by atoms with van der Waals surface area (Å²) in [5.74, 6) is -1.90. The average molecular weight is 422 g/mol. The minimum absolute atomic E-state index is 0.115. The quantitative estimate of drug-likeness (QED) is 0.740. The molecule has 1 unspecified atom stereocenters. The van der Waals surface area contributed by atoms with E-state index in [1.807, 2.05) is 12.1 Å². The number of hydrogen-bond donors (Lipinski definition) is 0. The van der Waals surface area contributed by atoms with E-state index < -0.39 is 27.6 Å². The smallest absolute Gasteiger partial charge is 0.256 e. The lowest BCUT2D eigenvalue weighted by atomic mass is 9.99. The maximum Gasteiger partial charge on any atom is 0.256 e. The molecule has 5 nitrogen and oxygen atoms in total. The Bertz CT molecular complexity index is 985. The van der Waals surface area contributed by atoms with E-state index >= 15 is 0 Å². The van der Waals surface area contributed by atoms with E-state index in [1.165, 1.54) is 9.21 Å². The van der Waals surface area contributed by atoms with Crippen LogP contribution in [0.4, 0.5) is 8.78 Å². The van der Waals surface area contributed by atoms with Gasteiger partial charge in [0.1, 0.15) is 11.6 Å². The molecule has 1 aliphatic rings. The van der Waals surface area contributed by atoms with E-state index in [9.17, 15) is 22.0 Å². The summed E-state index contributed by atoms with van der Waals surface area (Å²) < 4.78 is 54.0. The molecule has 0 spiro atoms. The lowest BCUT2D eigenvalue weighted by molar-refractivity contribution is 0.0693. The summed E-state index contributed by atoms with van der Waals surface area (Å²) in [4.78, 5) is 14.1. The number of sulfonamides is 1. The van der Waals surface area contributed by atoms with Crippen molar-refractivity contribution in [3.05, 3.63) is 65.2 Å². The highest BCUT2D eigenvalue weighted by Crippen LogP contribution is 2.23. The summed E-state index contributed by atoms with van der Waals surface area (Å²) in [5.41, 5.74) is 0.867. The Balaban J connectivity index is 1.68. The summed E-state index contributed by atoms with van der Waals surface area (Å²) in [5, 5.41) is 0. The highest BCUT2D eigenvalue weighted by molar-refractivity contribution is 7.89. The van der Waals surface area contributed by atoms with Crippen LogP contribution in [0.2, 0.25) is 0 Å². The molecule has 2 aromatic carbocycles. The van der Waals surface area contributed by atoms with E-state index in [4.69, 9.17) is 0 Å². The molecule has 0 N–H and O–H groups in total. The number of nitrogens with zero attached hydrogens (tertiary/aromatic N) is 2. The Morgan fingerprint density at radius 3 is 2.21 bits per heavy atom. The van der Waals surface area contributed by atoms with Gasteiger partial charge in [0.25, 0.3) is 5.91 Å². The first-order valence-corrected chi connectivity index (χ1v) is 11.0. The van der Waals surface area contributed by atoms with Crippen LogP contribution in [0.5, 0.6) is 0 Å². The molecule has 3 rings (SSSR count). The summed E-state index contributed by atoms with van der Waals surface area (Å²) >= 11 is 0. The van der Waals surface area contributed by atoms with Gasteiger partial charge in [-0.1, -0.05) is 26.0 Å². The summed E-state index contributed by atoms with van der Waals surface area (Å²) in [7, 11) is -3.67. The first-order chi connectivity index (χ1) is 13.7. The van der Waals surface area contributed by atoms with Gasteiger partial charge in [-0.15, -0.1) is 0 Å².